The van der Waals surface area contributed by atoms with Gasteiger partial charge in [0.15, 0.2) is 0 Å². The monoisotopic (exact) mass is 312 g/mol. The van der Waals surface area contributed by atoms with Crippen LogP contribution in [0, 0.1) is 5.92 Å². The highest BCUT2D eigenvalue weighted by Gasteiger charge is 2.30. The van der Waals surface area contributed by atoms with E-state index in [9.17, 15) is 4.79 Å². The Balaban J connectivity index is 0.00000220. The summed E-state index contributed by atoms with van der Waals surface area (Å²) in [6.45, 7) is 4.13. The first-order valence-electron chi connectivity index (χ1n) is 7.31. The zero-order valence-electron chi connectivity index (χ0n) is 12.5. The molecule has 1 fully saturated rings. The molecule has 1 aromatic carbocycles. The van der Waals surface area contributed by atoms with E-state index in [1.165, 1.54) is 0 Å². The summed E-state index contributed by atoms with van der Waals surface area (Å²) in [7, 11) is 0. The summed E-state index contributed by atoms with van der Waals surface area (Å²) in [4.78, 5) is 12.2. The molecule has 4 nitrogen and oxygen atoms in total. The van der Waals surface area contributed by atoms with Gasteiger partial charge in [-0.15, -0.1) is 12.4 Å². The Morgan fingerprint density at radius 3 is 2.57 bits per heavy atom. The predicted molar refractivity (Wildman–Crippen MR) is 86.4 cm³/mol. The van der Waals surface area contributed by atoms with Crippen molar-refractivity contribution in [1.29, 1.82) is 0 Å². The zero-order valence-corrected chi connectivity index (χ0v) is 13.3. The normalized spacial score (nSPS) is 18.4. The van der Waals surface area contributed by atoms with E-state index in [0.717, 1.165) is 38.0 Å². The highest BCUT2D eigenvalue weighted by Crippen LogP contribution is 2.19. The van der Waals surface area contributed by atoms with Gasteiger partial charge in [-0.05, 0) is 37.7 Å². The van der Waals surface area contributed by atoms with Crippen LogP contribution in [-0.2, 0) is 15.1 Å². The van der Waals surface area contributed by atoms with Gasteiger partial charge in [-0.25, -0.2) is 0 Å². The SMILES string of the molecule is CC(N)(C(=O)NCCC1CCOCC1)c1ccccc1.Cl. The molecule has 5 heteroatoms. The van der Waals surface area contributed by atoms with Gasteiger partial charge in [0.1, 0.15) is 5.54 Å². The second kappa shape index (κ2) is 8.37. The van der Waals surface area contributed by atoms with Crippen molar-refractivity contribution in [1.82, 2.24) is 5.32 Å². The minimum Gasteiger partial charge on any atom is -0.381 e. The average Bonchev–Trinajstić information content (AvgIpc) is 2.49. The lowest BCUT2D eigenvalue weighted by Gasteiger charge is -2.26. The molecule has 1 aliphatic heterocycles. The zero-order chi connectivity index (χ0) is 14.4. The molecule has 0 spiro atoms. The summed E-state index contributed by atoms with van der Waals surface area (Å²) in [5.41, 5.74) is 6.03. The van der Waals surface area contributed by atoms with Crippen molar-refractivity contribution in [2.24, 2.45) is 11.7 Å². The van der Waals surface area contributed by atoms with Gasteiger partial charge in [0, 0.05) is 19.8 Å². The van der Waals surface area contributed by atoms with Gasteiger partial charge < -0.3 is 15.8 Å². The van der Waals surface area contributed by atoms with E-state index in [0.29, 0.717) is 12.5 Å². The Kier molecular flexibility index (Phi) is 7.15. The molecule has 0 bridgehead atoms. The summed E-state index contributed by atoms with van der Waals surface area (Å²) in [5, 5.41) is 2.96. The van der Waals surface area contributed by atoms with Crippen molar-refractivity contribution in [2.45, 2.75) is 31.7 Å². The standard InChI is InChI=1S/C16H24N2O2.ClH/c1-16(17,14-5-3-2-4-6-14)15(19)18-10-7-13-8-11-20-12-9-13;/h2-6,13H,7-12,17H2,1H3,(H,18,19);1H. The Hall–Kier alpha value is -1.10. The van der Waals surface area contributed by atoms with Crippen LogP contribution < -0.4 is 11.1 Å². The Bertz CT molecular complexity index is 431. The quantitative estimate of drug-likeness (QED) is 0.876. The molecule has 118 valence electrons. The molecule has 0 aromatic heterocycles. The number of hydrogen-bond donors (Lipinski definition) is 2. The van der Waals surface area contributed by atoms with Crippen molar-refractivity contribution in [2.75, 3.05) is 19.8 Å². The van der Waals surface area contributed by atoms with Gasteiger partial charge in [-0.3, -0.25) is 4.79 Å². The number of amides is 1. The number of hydrogen-bond acceptors (Lipinski definition) is 3. The molecule has 1 aromatic rings. The number of nitrogens with one attached hydrogen (secondary N) is 1. The van der Waals surface area contributed by atoms with Crippen LogP contribution in [0.5, 0.6) is 0 Å². The molecule has 3 N–H and O–H groups in total. The van der Waals surface area contributed by atoms with Crippen molar-refractivity contribution in [3.05, 3.63) is 35.9 Å². The lowest BCUT2D eigenvalue weighted by atomic mass is 9.92. The topological polar surface area (TPSA) is 64.4 Å². The molecule has 1 saturated heterocycles. The van der Waals surface area contributed by atoms with Crippen LogP contribution in [0.15, 0.2) is 30.3 Å². The Morgan fingerprint density at radius 2 is 1.95 bits per heavy atom. The summed E-state index contributed by atoms with van der Waals surface area (Å²) < 4.78 is 5.33. The molecule has 1 atom stereocenters. The first kappa shape index (κ1) is 18.0. The van der Waals surface area contributed by atoms with Crippen molar-refractivity contribution in [3.8, 4) is 0 Å². The van der Waals surface area contributed by atoms with Gasteiger partial charge in [0.2, 0.25) is 5.91 Å². The van der Waals surface area contributed by atoms with Crippen LogP contribution in [-0.4, -0.2) is 25.7 Å². The molecule has 0 radical (unpaired) electrons. The highest BCUT2D eigenvalue weighted by molar-refractivity contribution is 5.86. The van der Waals surface area contributed by atoms with Crippen LogP contribution in [0.25, 0.3) is 0 Å². The maximum Gasteiger partial charge on any atom is 0.244 e. The van der Waals surface area contributed by atoms with Crippen molar-refractivity contribution in [3.63, 3.8) is 0 Å². The minimum absolute atomic E-state index is 0. The third kappa shape index (κ3) is 4.99. The van der Waals surface area contributed by atoms with Gasteiger partial charge in [0.05, 0.1) is 0 Å². The molecule has 1 amide bonds. The molecule has 21 heavy (non-hydrogen) atoms. The third-order valence-electron chi connectivity index (χ3n) is 4.02. The van der Waals surface area contributed by atoms with E-state index >= 15 is 0 Å². The van der Waals surface area contributed by atoms with Crippen LogP contribution in [0.2, 0.25) is 0 Å². The van der Waals surface area contributed by atoms with Gasteiger partial charge >= 0.3 is 0 Å². The summed E-state index contributed by atoms with van der Waals surface area (Å²) >= 11 is 0. The van der Waals surface area contributed by atoms with Gasteiger partial charge in [-0.1, -0.05) is 30.3 Å². The molecule has 2 rings (SSSR count). The maximum atomic E-state index is 12.2. The van der Waals surface area contributed by atoms with Crippen LogP contribution in [0.3, 0.4) is 0 Å². The summed E-state index contributed by atoms with van der Waals surface area (Å²) in [6, 6.07) is 9.49. The van der Waals surface area contributed by atoms with Gasteiger partial charge in [-0.2, -0.15) is 0 Å². The number of ether oxygens (including phenoxy) is 1. The van der Waals surface area contributed by atoms with E-state index in [-0.39, 0.29) is 18.3 Å². The van der Waals surface area contributed by atoms with Gasteiger partial charge in [0.25, 0.3) is 0 Å². The molecule has 1 heterocycles. The molecular weight excluding hydrogens is 288 g/mol. The first-order valence-corrected chi connectivity index (χ1v) is 7.31. The second-order valence-electron chi connectivity index (χ2n) is 5.67. The van der Waals surface area contributed by atoms with Crippen molar-refractivity contribution >= 4 is 18.3 Å². The molecular formula is C16H25ClN2O2. The number of benzene rings is 1. The fourth-order valence-corrected chi connectivity index (χ4v) is 2.52. The Labute approximate surface area is 132 Å². The largest absolute Gasteiger partial charge is 0.381 e. The number of rotatable bonds is 5. The fraction of sp³-hybridized carbons (Fsp3) is 0.562. The second-order valence-corrected chi connectivity index (χ2v) is 5.67. The van der Waals surface area contributed by atoms with E-state index in [1.807, 2.05) is 30.3 Å². The third-order valence-corrected chi connectivity index (χ3v) is 4.02. The van der Waals surface area contributed by atoms with E-state index in [2.05, 4.69) is 5.32 Å². The first-order chi connectivity index (χ1) is 9.60. The number of carbonyl (C=O) groups excluding carboxylic acids is 1. The number of carbonyl (C=O) groups is 1. The lowest BCUT2D eigenvalue weighted by molar-refractivity contribution is -0.126. The fourth-order valence-electron chi connectivity index (χ4n) is 2.52. The Morgan fingerprint density at radius 1 is 1.33 bits per heavy atom. The van der Waals surface area contributed by atoms with Crippen LogP contribution in [0.4, 0.5) is 0 Å². The average molecular weight is 313 g/mol. The molecule has 1 unspecified atom stereocenters. The van der Waals surface area contributed by atoms with Crippen LogP contribution >= 0.6 is 12.4 Å². The number of halogens is 1. The van der Waals surface area contributed by atoms with E-state index < -0.39 is 5.54 Å². The lowest BCUT2D eigenvalue weighted by Crippen LogP contribution is -2.49. The number of nitrogens with two attached hydrogens (primary N) is 1. The van der Waals surface area contributed by atoms with E-state index in [4.69, 9.17) is 10.5 Å². The minimum atomic E-state index is -0.975. The van der Waals surface area contributed by atoms with Crippen molar-refractivity contribution < 1.29 is 9.53 Å². The molecule has 1 aliphatic rings. The molecule has 0 saturated carbocycles. The maximum absolute atomic E-state index is 12.2. The van der Waals surface area contributed by atoms with E-state index in [1.54, 1.807) is 6.92 Å². The predicted octanol–water partition coefficient (Wildman–Crippen LogP) is 2.22. The highest BCUT2D eigenvalue weighted by atomic mass is 35.5. The van der Waals surface area contributed by atoms with Crippen LogP contribution in [0.1, 0.15) is 31.7 Å². The summed E-state index contributed by atoms with van der Waals surface area (Å²) in [5.74, 6) is 0.542. The molecule has 0 aliphatic carbocycles. The summed E-state index contributed by atoms with van der Waals surface area (Å²) in [6.07, 6.45) is 3.18. The smallest absolute Gasteiger partial charge is 0.244 e.